The van der Waals surface area contributed by atoms with E-state index in [9.17, 15) is 9.90 Å². The summed E-state index contributed by atoms with van der Waals surface area (Å²) in [6.07, 6.45) is 1.74. The van der Waals surface area contributed by atoms with Crippen molar-refractivity contribution >= 4 is 11.7 Å². The van der Waals surface area contributed by atoms with Crippen LogP contribution < -0.4 is 15.5 Å². The van der Waals surface area contributed by atoms with Crippen LogP contribution in [0.2, 0.25) is 0 Å². The molecule has 0 aliphatic heterocycles. The lowest BCUT2D eigenvalue weighted by molar-refractivity contribution is 0.148. The fourth-order valence-corrected chi connectivity index (χ4v) is 2.33. The van der Waals surface area contributed by atoms with Gasteiger partial charge in [0.2, 0.25) is 0 Å². The van der Waals surface area contributed by atoms with Crippen molar-refractivity contribution in [2.24, 2.45) is 5.41 Å². The molecule has 0 saturated carbocycles. The Bertz CT molecular complexity index is 513. The van der Waals surface area contributed by atoms with Crippen molar-refractivity contribution in [1.29, 1.82) is 0 Å². The zero-order chi connectivity index (χ0) is 17.5. The first-order valence-corrected chi connectivity index (χ1v) is 8.14. The highest BCUT2D eigenvalue weighted by Crippen LogP contribution is 2.21. The summed E-state index contributed by atoms with van der Waals surface area (Å²) >= 11 is 0. The van der Waals surface area contributed by atoms with Crippen LogP contribution in [0, 0.1) is 12.3 Å². The lowest BCUT2D eigenvalue weighted by Crippen LogP contribution is -2.36. The van der Waals surface area contributed by atoms with Crippen LogP contribution in [0.4, 0.5) is 10.5 Å². The van der Waals surface area contributed by atoms with Gasteiger partial charge in [0, 0.05) is 39.5 Å². The van der Waals surface area contributed by atoms with Crippen LogP contribution in [0.1, 0.15) is 37.8 Å². The molecule has 0 atom stereocenters. The first-order chi connectivity index (χ1) is 10.7. The number of hydrogen-bond acceptors (Lipinski definition) is 3. The number of nitrogens with zero attached hydrogens (tertiary/aromatic N) is 1. The van der Waals surface area contributed by atoms with Gasteiger partial charge in [-0.1, -0.05) is 26.0 Å². The summed E-state index contributed by atoms with van der Waals surface area (Å²) in [6, 6.07) is 6.07. The molecule has 5 heteroatoms. The summed E-state index contributed by atoms with van der Waals surface area (Å²) in [5, 5.41) is 15.0. The third-order valence-electron chi connectivity index (χ3n) is 3.91. The normalized spacial score (nSPS) is 11.2. The largest absolute Gasteiger partial charge is 0.396 e. The van der Waals surface area contributed by atoms with Crippen molar-refractivity contribution < 1.29 is 9.90 Å². The van der Waals surface area contributed by atoms with E-state index in [1.807, 2.05) is 27.9 Å². The number of amides is 2. The van der Waals surface area contributed by atoms with E-state index in [4.69, 9.17) is 0 Å². The van der Waals surface area contributed by atoms with Gasteiger partial charge in [-0.25, -0.2) is 4.79 Å². The molecule has 0 spiro atoms. The molecule has 0 aromatic heterocycles. The topological polar surface area (TPSA) is 64.6 Å². The number of carbonyl (C=O) groups is 1. The molecule has 1 aromatic carbocycles. The molecule has 23 heavy (non-hydrogen) atoms. The van der Waals surface area contributed by atoms with E-state index >= 15 is 0 Å². The summed E-state index contributed by atoms with van der Waals surface area (Å²) in [4.78, 5) is 13.9. The second kappa shape index (κ2) is 8.77. The number of benzene rings is 1. The summed E-state index contributed by atoms with van der Waals surface area (Å²) < 4.78 is 0. The van der Waals surface area contributed by atoms with Gasteiger partial charge < -0.3 is 20.6 Å². The Kier molecular flexibility index (Phi) is 7.36. The van der Waals surface area contributed by atoms with Gasteiger partial charge in [-0.05, 0) is 42.4 Å². The molecule has 0 saturated heterocycles. The molecule has 0 aliphatic carbocycles. The van der Waals surface area contributed by atoms with Gasteiger partial charge in [-0.3, -0.25) is 0 Å². The number of hydrogen-bond donors (Lipinski definition) is 3. The van der Waals surface area contributed by atoms with Crippen molar-refractivity contribution in [3.8, 4) is 0 Å². The molecule has 130 valence electrons. The van der Waals surface area contributed by atoms with Crippen LogP contribution in [0.5, 0.6) is 0 Å². The maximum absolute atomic E-state index is 11.9. The number of anilines is 1. The third-order valence-corrected chi connectivity index (χ3v) is 3.91. The summed E-state index contributed by atoms with van der Waals surface area (Å²) in [6.45, 7) is 7.39. The van der Waals surface area contributed by atoms with Crippen LogP contribution in [0.15, 0.2) is 18.2 Å². The van der Waals surface area contributed by atoms with E-state index in [0.29, 0.717) is 13.1 Å². The van der Waals surface area contributed by atoms with E-state index < -0.39 is 0 Å². The molecule has 0 heterocycles. The predicted octanol–water partition coefficient (Wildman–Crippen LogP) is 2.66. The summed E-state index contributed by atoms with van der Waals surface area (Å²) in [7, 11) is 4.00. The molecule has 0 radical (unpaired) electrons. The highest BCUT2D eigenvalue weighted by atomic mass is 16.3. The molecule has 5 nitrogen and oxygen atoms in total. The van der Waals surface area contributed by atoms with E-state index in [0.717, 1.165) is 24.1 Å². The predicted molar refractivity (Wildman–Crippen MR) is 95.8 cm³/mol. The Morgan fingerprint density at radius 3 is 2.57 bits per heavy atom. The van der Waals surface area contributed by atoms with Crippen molar-refractivity contribution in [3.63, 3.8) is 0 Å². The van der Waals surface area contributed by atoms with Gasteiger partial charge >= 0.3 is 6.03 Å². The van der Waals surface area contributed by atoms with Gasteiger partial charge in [-0.2, -0.15) is 0 Å². The van der Waals surface area contributed by atoms with Gasteiger partial charge in [0.05, 0.1) is 0 Å². The zero-order valence-corrected chi connectivity index (χ0v) is 15.1. The Morgan fingerprint density at radius 2 is 1.96 bits per heavy atom. The van der Waals surface area contributed by atoms with Gasteiger partial charge in [-0.15, -0.1) is 0 Å². The number of carbonyl (C=O) groups excluding carboxylic acids is 1. The minimum absolute atomic E-state index is 0.0827. The number of nitrogens with one attached hydrogen (secondary N) is 2. The fourth-order valence-electron chi connectivity index (χ4n) is 2.33. The second-order valence-electron chi connectivity index (χ2n) is 7.06. The number of aryl methyl sites for hydroxylation is 1. The standard InChI is InChI=1S/C18H31N3O2/c1-14-7-8-15(16(11-14)21(4)5)12-20-17(23)19-10-6-9-18(2,3)13-22/h7-8,11,22H,6,9-10,12-13H2,1-5H3,(H2,19,20,23). The van der Waals surface area contributed by atoms with E-state index in [1.165, 1.54) is 5.56 Å². The Hall–Kier alpha value is -1.75. The number of urea groups is 1. The highest BCUT2D eigenvalue weighted by Gasteiger charge is 2.15. The molecule has 0 unspecified atom stereocenters. The van der Waals surface area contributed by atoms with Crippen molar-refractivity contribution in [3.05, 3.63) is 29.3 Å². The SMILES string of the molecule is Cc1ccc(CNC(=O)NCCCC(C)(C)CO)c(N(C)C)c1. The van der Waals surface area contributed by atoms with E-state index in [-0.39, 0.29) is 18.1 Å². The van der Waals surface area contributed by atoms with Crippen LogP contribution in [0.3, 0.4) is 0 Å². The Labute approximate surface area is 140 Å². The Morgan fingerprint density at radius 1 is 1.26 bits per heavy atom. The Balaban J connectivity index is 2.39. The van der Waals surface area contributed by atoms with Gasteiger partial charge in [0.25, 0.3) is 0 Å². The van der Waals surface area contributed by atoms with E-state index in [1.54, 1.807) is 0 Å². The average molecular weight is 321 g/mol. The lowest BCUT2D eigenvalue weighted by atomic mass is 9.89. The molecule has 0 bridgehead atoms. The van der Waals surface area contributed by atoms with Crippen LogP contribution >= 0.6 is 0 Å². The molecular weight excluding hydrogens is 290 g/mol. The lowest BCUT2D eigenvalue weighted by Gasteiger charge is -2.21. The minimum Gasteiger partial charge on any atom is -0.396 e. The minimum atomic E-state index is -0.155. The monoisotopic (exact) mass is 321 g/mol. The molecule has 3 N–H and O–H groups in total. The smallest absolute Gasteiger partial charge is 0.315 e. The third kappa shape index (κ3) is 6.91. The molecule has 1 rings (SSSR count). The van der Waals surface area contributed by atoms with Crippen LogP contribution in [0.25, 0.3) is 0 Å². The van der Waals surface area contributed by atoms with E-state index in [2.05, 4.69) is 40.7 Å². The second-order valence-corrected chi connectivity index (χ2v) is 7.06. The van der Waals surface area contributed by atoms with Crippen LogP contribution in [-0.2, 0) is 6.54 Å². The maximum atomic E-state index is 11.9. The first-order valence-electron chi connectivity index (χ1n) is 8.14. The first kappa shape index (κ1) is 19.3. The van der Waals surface area contributed by atoms with Gasteiger partial charge in [0.1, 0.15) is 0 Å². The van der Waals surface area contributed by atoms with Crippen molar-refractivity contribution in [1.82, 2.24) is 10.6 Å². The maximum Gasteiger partial charge on any atom is 0.315 e. The summed E-state index contributed by atoms with van der Waals surface area (Å²) in [5.41, 5.74) is 3.33. The quantitative estimate of drug-likeness (QED) is 0.645. The number of aliphatic hydroxyl groups is 1. The molecule has 2 amide bonds. The molecule has 0 aliphatic rings. The van der Waals surface area contributed by atoms with Crippen LogP contribution in [-0.4, -0.2) is 38.4 Å². The highest BCUT2D eigenvalue weighted by molar-refractivity contribution is 5.74. The average Bonchev–Trinajstić information content (AvgIpc) is 2.50. The molecular formula is C18H31N3O2. The number of rotatable bonds is 8. The fraction of sp³-hybridized carbons (Fsp3) is 0.611. The number of aliphatic hydroxyl groups excluding tert-OH is 1. The van der Waals surface area contributed by atoms with Gasteiger partial charge in [0.15, 0.2) is 0 Å². The van der Waals surface area contributed by atoms with Crippen molar-refractivity contribution in [2.45, 2.75) is 40.2 Å². The van der Waals surface area contributed by atoms with Crippen molar-refractivity contribution in [2.75, 3.05) is 32.1 Å². The molecule has 1 aromatic rings. The summed E-state index contributed by atoms with van der Waals surface area (Å²) in [5.74, 6) is 0. The molecule has 0 fully saturated rings. The zero-order valence-electron chi connectivity index (χ0n) is 15.1.